The number of hydrogen-bond donors (Lipinski definition) is 0. The predicted molar refractivity (Wildman–Crippen MR) is 92.8 cm³/mol. The minimum atomic E-state index is -0.715. The molecule has 0 fully saturated rings. The molecule has 0 atom stereocenters. The van der Waals surface area contributed by atoms with Gasteiger partial charge in [-0.25, -0.2) is 0 Å². The molecule has 0 saturated carbocycles. The summed E-state index contributed by atoms with van der Waals surface area (Å²) in [4.78, 5) is 51.3. The van der Waals surface area contributed by atoms with Gasteiger partial charge in [0.15, 0.2) is 12.4 Å². The Bertz CT molecular complexity index is 982. The summed E-state index contributed by atoms with van der Waals surface area (Å²) >= 11 is 0. The first kappa shape index (κ1) is 16.0. The van der Waals surface area contributed by atoms with Crippen LogP contribution in [0.25, 0.3) is 0 Å². The van der Waals surface area contributed by atoms with Gasteiger partial charge in [0.25, 0.3) is 17.6 Å². The Morgan fingerprint density at radius 2 is 1.85 bits per heavy atom. The van der Waals surface area contributed by atoms with Gasteiger partial charge in [-0.05, 0) is 30.3 Å². The van der Waals surface area contributed by atoms with Gasteiger partial charge in [0.1, 0.15) is 5.75 Å². The van der Waals surface area contributed by atoms with Gasteiger partial charge in [0.2, 0.25) is 0 Å². The zero-order valence-corrected chi connectivity index (χ0v) is 13.9. The molecule has 2 aliphatic rings. The summed E-state index contributed by atoms with van der Waals surface area (Å²) in [5, 5.41) is 0. The first-order valence-corrected chi connectivity index (χ1v) is 7.99. The number of Topliss-reactive ketones (excluding diaryl/α,β-unsaturated/α-hetero) is 2. The largest absolute Gasteiger partial charge is 0.482 e. The highest BCUT2D eigenvalue weighted by Crippen LogP contribution is 2.33. The van der Waals surface area contributed by atoms with Gasteiger partial charge in [-0.2, -0.15) is 0 Å². The van der Waals surface area contributed by atoms with Crippen molar-refractivity contribution in [1.29, 1.82) is 0 Å². The van der Waals surface area contributed by atoms with Crippen LogP contribution in [-0.4, -0.2) is 43.6 Å². The van der Waals surface area contributed by atoms with Crippen molar-refractivity contribution in [3.8, 4) is 5.75 Å². The molecular weight excluding hydrogens is 336 g/mol. The van der Waals surface area contributed by atoms with Gasteiger partial charge in [-0.3, -0.25) is 24.1 Å². The summed E-state index contributed by atoms with van der Waals surface area (Å²) < 4.78 is 5.34. The smallest absolute Gasteiger partial charge is 0.299 e. The molecule has 0 unspecified atom stereocenters. The van der Waals surface area contributed by atoms with E-state index in [2.05, 4.69) is 0 Å². The third-order valence-electron chi connectivity index (χ3n) is 4.55. The van der Waals surface area contributed by atoms with Gasteiger partial charge >= 0.3 is 0 Å². The topological polar surface area (TPSA) is 84.0 Å². The Morgan fingerprint density at radius 3 is 2.65 bits per heavy atom. The van der Waals surface area contributed by atoms with E-state index in [9.17, 15) is 19.2 Å². The van der Waals surface area contributed by atoms with Crippen molar-refractivity contribution in [3.05, 3.63) is 53.6 Å². The van der Waals surface area contributed by atoms with E-state index in [1.807, 2.05) is 0 Å². The lowest BCUT2D eigenvalue weighted by molar-refractivity contribution is -0.121. The standard InChI is InChI=1S/C19H14N2O5/c1-20-14-8-11(6-7-16(14)26-10-17(20)23)15(22)9-21-13-5-3-2-4-12(13)18(24)19(21)25/h2-8H,9-10H2,1H3. The van der Waals surface area contributed by atoms with Crippen LogP contribution in [-0.2, 0) is 9.59 Å². The number of likely N-dealkylation sites (N-methyl/N-ethyl adjacent to an activating group) is 1. The van der Waals surface area contributed by atoms with Crippen molar-refractivity contribution in [2.75, 3.05) is 30.0 Å². The van der Waals surface area contributed by atoms with E-state index in [-0.39, 0.29) is 24.8 Å². The van der Waals surface area contributed by atoms with Gasteiger partial charge in [-0.1, -0.05) is 12.1 Å². The molecule has 2 aromatic carbocycles. The number of ketones is 2. The molecule has 0 radical (unpaired) electrons. The molecule has 130 valence electrons. The maximum atomic E-state index is 12.7. The average Bonchev–Trinajstić information content (AvgIpc) is 2.90. The Morgan fingerprint density at radius 1 is 1.08 bits per heavy atom. The molecule has 0 N–H and O–H groups in total. The van der Waals surface area contributed by atoms with Crippen LogP contribution in [0.3, 0.4) is 0 Å². The third-order valence-corrected chi connectivity index (χ3v) is 4.55. The number of hydrogen-bond acceptors (Lipinski definition) is 5. The summed E-state index contributed by atoms with van der Waals surface area (Å²) in [7, 11) is 1.61. The van der Waals surface area contributed by atoms with Crippen LogP contribution < -0.4 is 14.5 Å². The number of carbonyl (C=O) groups is 4. The fraction of sp³-hybridized carbons (Fsp3) is 0.158. The Labute approximate surface area is 148 Å². The van der Waals surface area contributed by atoms with E-state index in [1.54, 1.807) is 49.5 Å². The minimum Gasteiger partial charge on any atom is -0.482 e. The zero-order valence-electron chi connectivity index (χ0n) is 13.9. The van der Waals surface area contributed by atoms with Crippen LogP contribution in [0, 0.1) is 0 Å². The van der Waals surface area contributed by atoms with Crippen LogP contribution >= 0.6 is 0 Å². The summed E-state index contributed by atoms with van der Waals surface area (Å²) in [6.07, 6.45) is 0. The number of para-hydroxylation sites is 1. The van der Waals surface area contributed by atoms with Crippen LogP contribution in [0.5, 0.6) is 5.75 Å². The van der Waals surface area contributed by atoms with Crippen LogP contribution in [0.15, 0.2) is 42.5 Å². The molecule has 2 aromatic rings. The SMILES string of the molecule is CN1C(=O)COc2ccc(C(=O)CN3C(=O)C(=O)c4ccccc43)cc21. The van der Waals surface area contributed by atoms with Gasteiger partial charge in [0.05, 0.1) is 23.5 Å². The number of fused-ring (bicyclic) bond motifs is 2. The number of nitrogens with zero attached hydrogens (tertiary/aromatic N) is 2. The fourth-order valence-electron chi connectivity index (χ4n) is 3.09. The van der Waals surface area contributed by atoms with Crippen molar-refractivity contribution < 1.29 is 23.9 Å². The van der Waals surface area contributed by atoms with Crippen molar-refractivity contribution in [2.45, 2.75) is 0 Å². The molecule has 0 bridgehead atoms. The second kappa shape index (κ2) is 5.80. The molecule has 0 spiro atoms. The minimum absolute atomic E-state index is 0.0437. The maximum absolute atomic E-state index is 12.7. The zero-order chi connectivity index (χ0) is 18.4. The quantitative estimate of drug-likeness (QED) is 0.618. The highest BCUT2D eigenvalue weighted by atomic mass is 16.5. The monoisotopic (exact) mass is 350 g/mol. The lowest BCUT2D eigenvalue weighted by atomic mass is 10.1. The summed E-state index contributed by atoms with van der Waals surface area (Å²) in [6.45, 7) is -0.295. The van der Waals surface area contributed by atoms with E-state index in [0.717, 1.165) is 0 Å². The number of amides is 2. The lowest BCUT2D eigenvalue weighted by Crippen LogP contribution is -2.36. The predicted octanol–water partition coefficient (Wildman–Crippen LogP) is 1.45. The summed E-state index contributed by atoms with van der Waals surface area (Å²) in [5.74, 6) is -1.36. The van der Waals surface area contributed by atoms with Crippen molar-refractivity contribution in [3.63, 3.8) is 0 Å². The molecule has 7 heteroatoms. The van der Waals surface area contributed by atoms with Crippen molar-refractivity contribution >= 4 is 34.8 Å². The van der Waals surface area contributed by atoms with Gasteiger partial charge < -0.3 is 9.64 Å². The Balaban J connectivity index is 1.63. The van der Waals surface area contributed by atoms with E-state index < -0.39 is 11.7 Å². The van der Waals surface area contributed by atoms with E-state index in [0.29, 0.717) is 28.3 Å². The second-order valence-electron chi connectivity index (χ2n) is 6.08. The lowest BCUT2D eigenvalue weighted by Gasteiger charge is -2.26. The second-order valence-corrected chi connectivity index (χ2v) is 6.08. The maximum Gasteiger partial charge on any atom is 0.299 e. The molecular formula is C19H14N2O5. The molecule has 2 amide bonds. The van der Waals surface area contributed by atoms with Crippen molar-refractivity contribution in [1.82, 2.24) is 0 Å². The highest BCUT2D eigenvalue weighted by molar-refractivity contribution is 6.52. The molecule has 26 heavy (non-hydrogen) atoms. The third kappa shape index (κ3) is 2.36. The van der Waals surface area contributed by atoms with Crippen LogP contribution in [0.2, 0.25) is 0 Å². The average molecular weight is 350 g/mol. The van der Waals surface area contributed by atoms with Crippen LogP contribution in [0.1, 0.15) is 20.7 Å². The molecule has 0 aliphatic carbocycles. The first-order chi connectivity index (χ1) is 12.5. The molecule has 0 aromatic heterocycles. The van der Waals surface area contributed by atoms with Gasteiger partial charge in [0, 0.05) is 12.6 Å². The molecule has 4 rings (SSSR count). The molecule has 7 nitrogen and oxygen atoms in total. The number of benzene rings is 2. The Hall–Kier alpha value is -3.48. The number of carbonyl (C=O) groups excluding carboxylic acids is 4. The first-order valence-electron chi connectivity index (χ1n) is 7.99. The van der Waals surface area contributed by atoms with Crippen molar-refractivity contribution in [2.24, 2.45) is 0 Å². The highest BCUT2D eigenvalue weighted by Gasteiger charge is 2.36. The number of ether oxygens (including phenoxy) is 1. The summed E-state index contributed by atoms with van der Waals surface area (Å²) in [6, 6.07) is 11.3. The van der Waals surface area contributed by atoms with Gasteiger partial charge in [-0.15, -0.1) is 0 Å². The molecule has 2 heterocycles. The van der Waals surface area contributed by atoms with Crippen LogP contribution in [0.4, 0.5) is 11.4 Å². The normalized spacial score (nSPS) is 15.7. The molecule has 2 aliphatic heterocycles. The van der Waals surface area contributed by atoms with E-state index in [1.165, 1.54) is 9.80 Å². The number of anilines is 2. The Kier molecular flexibility index (Phi) is 3.57. The number of rotatable bonds is 3. The fourth-order valence-corrected chi connectivity index (χ4v) is 3.09. The molecule has 0 saturated heterocycles. The summed E-state index contributed by atoms with van der Waals surface area (Å²) in [5.41, 5.74) is 1.56. The van der Waals surface area contributed by atoms with E-state index in [4.69, 9.17) is 4.74 Å². The van der Waals surface area contributed by atoms with E-state index >= 15 is 0 Å².